The second-order valence-corrected chi connectivity index (χ2v) is 10.7. The van der Waals surface area contributed by atoms with E-state index in [1.165, 1.54) is 34.3 Å². The van der Waals surface area contributed by atoms with E-state index in [0.717, 1.165) is 30.3 Å². The molecule has 2 aromatic carbocycles. The van der Waals surface area contributed by atoms with Gasteiger partial charge in [-0.05, 0) is 43.2 Å². The van der Waals surface area contributed by atoms with Crippen molar-refractivity contribution in [3.8, 4) is 5.75 Å². The van der Waals surface area contributed by atoms with Gasteiger partial charge >= 0.3 is 0 Å². The lowest BCUT2D eigenvalue weighted by molar-refractivity contribution is -0.113. The molecule has 32 heavy (non-hydrogen) atoms. The monoisotopic (exact) mass is 494 g/mol. The van der Waals surface area contributed by atoms with Crippen LogP contribution in [0.3, 0.4) is 0 Å². The van der Waals surface area contributed by atoms with Crippen molar-refractivity contribution in [2.24, 2.45) is 0 Å². The number of hydrogen-bond acceptors (Lipinski definition) is 6. The molecule has 0 aliphatic carbocycles. The highest BCUT2D eigenvalue weighted by Gasteiger charge is 2.26. The molecule has 3 aromatic rings. The van der Waals surface area contributed by atoms with Crippen molar-refractivity contribution in [1.82, 2.24) is 14.3 Å². The predicted molar refractivity (Wildman–Crippen MR) is 126 cm³/mol. The normalized spacial score (nSPS) is 15.1. The topological polar surface area (TPSA) is 104 Å². The van der Waals surface area contributed by atoms with E-state index in [4.69, 9.17) is 16.3 Å². The van der Waals surface area contributed by atoms with E-state index in [1.54, 1.807) is 7.11 Å². The molecular weight excluding hydrogens is 472 g/mol. The molecule has 0 unspecified atom stereocenters. The molecule has 0 radical (unpaired) electrons. The van der Waals surface area contributed by atoms with Crippen LogP contribution in [-0.2, 0) is 14.8 Å². The van der Waals surface area contributed by atoms with Crippen molar-refractivity contribution < 1.29 is 17.9 Å². The SMILES string of the molecule is COc1ccc2nc(SCC(=O)Nc3cc(S(=O)(=O)N4CCCCC4)ccc3Cl)[nH]c2c1. The summed E-state index contributed by atoms with van der Waals surface area (Å²) in [5, 5.41) is 3.58. The highest BCUT2D eigenvalue weighted by Crippen LogP contribution is 2.29. The van der Waals surface area contributed by atoms with Crippen molar-refractivity contribution >= 4 is 56.0 Å². The second kappa shape index (κ2) is 9.70. The number of fused-ring (bicyclic) bond motifs is 1. The summed E-state index contributed by atoms with van der Waals surface area (Å²) < 4.78 is 32.5. The quantitative estimate of drug-likeness (QED) is 0.478. The molecule has 2 N–H and O–H groups in total. The Bertz CT molecular complexity index is 1240. The lowest BCUT2D eigenvalue weighted by Gasteiger charge is -2.26. The maximum absolute atomic E-state index is 12.9. The van der Waals surface area contributed by atoms with Gasteiger partial charge in [0.2, 0.25) is 15.9 Å². The van der Waals surface area contributed by atoms with Crippen LogP contribution in [0.15, 0.2) is 46.5 Å². The van der Waals surface area contributed by atoms with E-state index in [-0.39, 0.29) is 27.3 Å². The number of sulfonamides is 1. The van der Waals surface area contributed by atoms with Crippen LogP contribution in [0.1, 0.15) is 19.3 Å². The van der Waals surface area contributed by atoms with Gasteiger partial charge in [0.15, 0.2) is 5.16 Å². The largest absolute Gasteiger partial charge is 0.497 e. The van der Waals surface area contributed by atoms with Crippen LogP contribution in [0.25, 0.3) is 11.0 Å². The fourth-order valence-electron chi connectivity index (χ4n) is 3.50. The van der Waals surface area contributed by atoms with Gasteiger partial charge in [-0.25, -0.2) is 13.4 Å². The standard InChI is InChI=1S/C21H23ClN4O4S2/c1-30-14-5-8-17-19(11-14)25-21(24-17)31-13-20(27)23-18-12-15(6-7-16(18)22)32(28,29)26-9-3-2-4-10-26/h5-8,11-12H,2-4,9-10,13H2,1H3,(H,23,27)(H,24,25). The van der Waals surface area contributed by atoms with Gasteiger partial charge in [0.05, 0.1) is 39.5 Å². The Hall–Kier alpha value is -2.27. The van der Waals surface area contributed by atoms with Crippen molar-refractivity contribution in [3.05, 3.63) is 41.4 Å². The molecule has 1 aromatic heterocycles. The van der Waals surface area contributed by atoms with Crippen LogP contribution >= 0.6 is 23.4 Å². The Kier molecular flexibility index (Phi) is 6.94. The maximum Gasteiger partial charge on any atom is 0.243 e. The summed E-state index contributed by atoms with van der Waals surface area (Å²) in [6.45, 7) is 1.01. The Balaban J connectivity index is 1.43. The second-order valence-electron chi connectivity index (χ2n) is 7.37. The van der Waals surface area contributed by atoms with E-state index < -0.39 is 10.0 Å². The molecule has 11 heteroatoms. The maximum atomic E-state index is 12.9. The third-order valence-electron chi connectivity index (χ3n) is 5.17. The van der Waals surface area contributed by atoms with E-state index in [9.17, 15) is 13.2 Å². The number of H-pyrrole nitrogens is 1. The van der Waals surface area contributed by atoms with E-state index >= 15 is 0 Å². The van der Waals surface area contributed by atoms with Crippen LogP contribution in [0.2, 0.25) is 5.02 Å². The molecule has 0 spiro atoms. The Morgan fingerprint density at radius 2 is 2.00 bits per heavy atom. The minimum Gasteiger partial charge on any atom is -0.497 e. The molecule has 1 aliphatic rings. The summed E-state index contributed by atoms with van der Waals surface area (Å²) in [4.78, 5) is 20.2. The van der Waals surface area contributed by atoms with Crippen LogP contribution in [0, 0.1) is 0 Å². The number of anilines is 1. The summed E-state index contributed by atoms with van der Waals surface area (Å²) in [5.74, 6) is 0.475. The zero-order valence-electron chi connectivity index (χ0n) is 17.4. The Labute approximate surface area is 195 Å². The summed E-state index contributed by atoms with van der Waals surface area (Å²) in [6.07, 6.45) is 2.73. The van der Waals surface area contributed by atoms with Crippen molar-refractivity contribution in [3.63, 3.8) is 0 Å². The average Bonchev–Trinajstić information content (AvgIpc) is 3.21. The van der Waals surface area contributed by atoms with Gasteiger partial charge in [-0.2, -0.15) is 4.31 Å². The summed E-state index contributed by atoms with van der Waals surface area (Å²) in [6, 6.07) is 9.87. The van der Waals surface area contributed by atoms with Gasteiger partial charge in [-0.15, -0.1) is 0 Å². The lowest BCUT2D eigenvalue weighted by atomic mass is 10.2. The first-order valence-electron chi connectivity index (χ1n) is 10.1. The summed E-state index contributed by atoms with van der Waals surface area (Å²) >= 11 is 7.45. The highest BCUT2D eigenvalue weighted by atomic mass is 35.5. The van der Waals surface area contributed by atoms with Gasteiger partial charge in [-0.1, -0.05) is 29.8 Å². The van der Waals surface area contributed by atoms with Crippen molar-refractivity contribution in [2.75, 3.05) is 31.3 Å². The summed E-state index contributed by atoms with van der Waals surface area (Å²) in [5.41, 5.74) is 1.85. The number of halogens is 1. The fraction of sp³-hybridized carbons (Fsp3) is 0.333. The van der Waals surface area contributed by atoms with Crippen LogP contribution in [0.5, 0.6) is 5.75 Å². The van der Waals surface area contributed by atoms with E-state index in [1.807, 2.05) is 18.2 Å². The number of carbonyl (C=O) groups excluding carboxylic acids is 1. The smallest absolute Gasteiger partial charge is 0.243 e. The van der Waals surface area contributed by atoms with E-state index in [0.29, 0.717) is 24.0 Å². The fourth-order valence-corrected chi connectivity index (χ4v) is 5.89. The number of methoxy groups -OCH3 is 1. The molecule has 170 valence electrons. The Morgan fingerprint density at radius 3 is 2.75 bits per heavy atom. The van der Waals surface area contributed by atoms with Gasteiger partial charge in [0.1, 0.15) is 5.75 Å². The molecule has 4 rings (SSSR count). The number of nitrogens with zero attached hydrogens (tertiary/aromatic N) is 2. The van der Waals surface area contributed by atoms with Crippen LogP contribution in [-0.4, -0.2) is 54.6 Å². The number of ether oxygens (including phenoxy) is 1. The van der Waals surface area contributed by atoms with Gasteiger partial charge in [0, 0.05) is 19.2 Å². The molecule has 0 atom stereocenters. The number of benzene rings is 2. The third-order valence-corrected chi connectivity index (χ3v) is 8.27. The summed E-state index contributed by atoms with van der Waals surface area (Å²) in [7, 11) is -2.03. The number of amides is 1. The number of imidazole rings is 1. The van der Waals surface area contributed by atoms with Crippen LogP contribution < -0.4 is 10.1 Å². The number of piperidine rings is 1. The molecular formula is C21H23ClN4O4S2. The third kappa shape index (κ3) is 5.03. The molecule has 1 saturated heterocycles. The van der Waals surface area contributed by atoms with Gasteiger partial charge in [0.25, 0.3) is 0 Å². The molecule has 1 aliphatic heterocycles. The van der Waals surface area contributed by atoms with Gasteiger partial charge < -0.3 is 15.0 Å². The minimum atomic E-state index is -3.62. The first kappa shape index (κ1) is 22.9. The van der Waals surface area contributed by atoms with E-state index in [2.05, 4.69) is 15.3 Å². The molecule has 0 bridgehead atoms. The lowest BCUT2D eigenvalue weighted by Crippen LogP contribution is -2.35. The zero-order chi connectivity index (χ0) is 22.7. The first-order valence-corrected chi connectivity index (χ1v) is 12.9. The van der Waals surface area contributed by atoms with Crippen molar-refractivity contribution in [1.29, 1.82) is 0 Å². The number of thioether (sulfide) groups is 1. The highest BCUT2D eigenvalue weighted by molar-refractivity contribution is 7.99. The molecule has 1 amide bonds. The van der Waals surface area contributed by atoms with Crippen LogP contribution in [0.4, 0.5) is 5.69 Å². The molecule has 1 fully saturated rings. The number of nitrogens with one attached hydrogen (secondary N) is 2. The zero-order valence-corrected chi connectivity index (χ0v) is 19.8. The predicted octanol–water partition coefficient (Wildman–Crippen LogP) is 4.13. The number of carbonyl (C=O) groups is 1. The number of aromatic nitrogens is 2. The van der Waals surface area contributed by atoms with Gasteiger partial charge in [-0.3, -0.25) is 4.79 Å². The first-order chi connectivity index (χ1) is 15.4. The molecule has 2 heterocycles. The number of hydrogen-bond donors (Lipinski definition) is 2. The average molecular weight is 495 g/mol. The number of aromatic amines is 1. The molecule has 0 saturated carbocycles. The Morgan fingerprint density at radius 1 is 1.22 bits per heavy atom. The molecule has 8 nitrogen and oxygen atoms in total. The number of rotatable bonds is 7. The van der Waals surface area contributed by atoms with Crippen molar-refractivity contribution in [2.45, 2.75) is 29.3 Å². The minimum absolute atomic E-state index is 0.0798.